The third-order valence-corrected chi connectivity index (χ3v) is 4.43. The van der Waals surface area contributed by atoms with Crippen LogP contribution >= 0.6 is 0 Å². The van der Waals surface area contributed by atoms with Crippen LogP contribution in [0.5, 0.6) is 11.5 Å². The van der Waals surface area contributed by atoms with Crippen molar-refractivity contribution in [3.63, 3.8) is 0 Å². The van der Waals surface area contributed by atoms with Gasteiger partial charge < -0.3 is 14.8 Å². The van der Waals surface area contributed by atoms with E-state index in [1.165, 1.54) is 27.8 Å². The molecule has 1 atom stereocenters. The van der Waals surface area contributed by atoms with Crippen LogP contribution in [-0.2, 0) is 6.42 Å². The molecule has 1 aromatic carbocycles. The van der Waals surface area contributed by atoms with Gasteiger partial charge in [-0.15, -0.1) is 0 Å². The third kappa shape index (κ3) is 1.92. The smallest absolute Gasteiger partial charge is 0.231 e. The highest BCUT2D eigenvalue weighted by atomic mass is 16.7. The van der Waals surface area contributed by atoms with E-state index in [2.05, 4.69) is 24.5 Å². The van der Waals surface area contributed by atoms with Gasteiger partial charge in [-0.1, -0.05) is 32.7 Å². The van der Waals surface area contributed by atoms with E-state index in [-0.39, 0.29) is 7.43 Å². The van der Waals surface area contributed by atoms with Crippen molar-refractivity contribution in [1.82, 2.24) is 5.32 Å². The van der Waals surface area contributed by atoms with E-state index in [0.717, 1.165) is 31.0 Å². The molecule has 2 heterocycles. The zero-order chi connectivity index (χ0) is 13.7. The molecule has 0 bridgehead atoms. The van der Waals surface area contributed by atoms with Crippen molar-refractivity contribution in [2.24, 2.45) is 0 Å². The number of allylic oxidation sites excluding steroid dienone is 2. The molecule has 1 unspecified atom stereocenters. The average Bonchev–Trinajstić information content (AvgIpc) is 2.95. The lowest BCUT2D eigenvalue weighted by atomic mass is 9.73. The second-order valence-corrected chi connectivity index (χ2v) is 5.47. The van der Waals surface area contributed by atoms with Gasteiger partial charge in [-0.05, 0) is 28.3 Å². The highest BCUT2D eigenvalue weighted by Crippen LogP contribution is 2.47. The van der Waals surface area contributed by atoms with Crippen LogP contribution < -0.4 is 14.8 Å². The molecular formula is C18H21NO2. The summed E-state index contributed by atoms with van der Waals surface area (Å²) in [4.78, 5) is 0. The molecule has 1 aliphatic carbocycles. The van der Waals surface area contributed by atoms with E-state index in [1.54, 1.807) is 0 Å². The normalized spacial score (nSPS) is 22.3. The Morgan fingerprint density at radius 3 is 2.95 bits per heavy atom. The Hall–Kier alpha value is -2.00. The molecule has 1 saturated heterocycles. The number of rotatable bonds is 1. The molecule has 1 fully saturated rings. The lowest BCUT2D eigenvalue weighted by Gasteiger charge is -2.35. The summed E-state index contributed by atoms with van der Waals surface area (Å²) < 4.78 is 11.2. The fourth-order valence-electron chi connectivity index (χ4n) is 3.55. The highest BCUT2D eigenvalue weighted by Gasteiger charge is 2.34. The maximum Gasteiger partial charge on any atom is 0.231 e. The first-order valence-corrected chi connectivity index (χ1v) is 6.95. The number of hydrogen-bond acceptors (Lipinski definition) is 3. The van der Waals surface area contributed by atoms with Crippen molar-refractivity contribution in [3.8, 4) is 11.5 Å². The Balaban J connectivity index is 0.00000132. The van der Waals surface area contributed by atoms with E-state index in [0.29, 0.717) is 12.7 Å². The second kappa shape index (κ2) is 5.08. The molecule has 2 aliphatic heterocycles. The molecule has 3 nitrogen and oxygen atoms in total. The summed E-state index contributed by atoms with van der Waals surface area (Å²) in [5, 5.41) is 3.45. The summed E-state index contributed by atoms with van der Waals surface area (Å²) in [5.41, 5.74) is 6.41. The van der Waals surface area contributed by atoms with E-state index in [4.69, 9.17) is 9.47 Å². The second-order valence-electron chi connectivity index (χ2n) is 5.47. The van der Waals surface area contributed by atoms with Crippen LogP contribution in [0.3, 0.4) is 0 Å². The molecule has 1 aromatic rings. The lowest BCUT2D eigenvalue weighted by Crippen LogP contribution is -2.34. The van der Waals surface area contributed by atoms with Gasteiger partial charge >= 0.3 is 0 Å². The fraction of sp³-hybridized carbons (Fsp3) is 0.333. The van der Waals surface area contributed by atoms with Crippen LogP contribution in [0.25, 0.3) is 0 Å². The van der Waals surface area contributed by atoms with Gasteiger partial charge in [-0.2, -0.15) is 0 Å². The molecule has 1 N–H and O–H groups in total. The molecule has 0 amide bonds. The van der Waals surface area contributed by atoms with Crippen LogP contribution in [-0.4, -0.2) is 19.9 Å². The SMILES string of the molecule is C.C=CC1=C2C(=C)CNCC2c2ccc3c(c2C1)OCO3. The van der Waals surface area contributed by atoms with Crippen LogP contribution in [0.4, 0.5) is 0 Å². The van der Waals surface area contributed by atoms with Crippen molar-refractivity contribution >= 4 is 0 Å². The zero-order valence-electron chi connectivity index (χ0n) is 11.4. The predicted octanol–water partition coefficient (Wildman–Crippen LogP) is 3.33. The van der Waals surface area contributed by atoms with Gasteiger partial charge in [0.2, 0.25) is 6.79 Å². The Bertz CT molecular complexity index is 657. The summed E-state index contributed by atoms with van der Waals surface area (Å²) >= 11 is 0. The quantitative estimate of drug-likeness (QED) is 0.857. The van der Waals surface area contributed by atoms with Crippen molar-refractivity contribution in [2.45, 2.75) is 19.8 Å². The summed E-state index contributed by atoms with van der Waals surface area (Å²) in [6.07, 6.45) is 2.83. The first kappa shape index (κ1) is 14.0. The molecule has 0 spiro atoms. The summed E-state index contributed by atoms with van der Waals surface area (Å²) in [6, 6.07) is 4.20. The van der Waals surface area contributed by atoms with Gasteiger partial charge in [0.05, 0.1) is 0 Å². The van der Waals surface area contributed by atoms with Crippen LogP contribution in [0.15, 0.2) is 48.1 Å². The minimum atomic E-state index is 0. The minimum Gasteiger partial charge on any atom is -0.454 e. The Kier molecular flexibility index (Phi) is 3.38. The topological polar surface area (TPSA) is 30.5 Å². The molecular weight excluding hydrogens is 262 g/mol. The number of fused-ring (bicyclic) bond motifs is 5. The third-order valence-electron chi connectivity index (χ3n) is 4.43. The number of benzene rings is 1. The van der Waals surface area contributed by atoms with Crippen molar-refractivity contribution in [1.29, 1.82) is 0 Å². The average molecular weight is 283 g/mol. The maximum atomic E-state index is 5.67. The van der Waals surface area contributed by atoms with Crippen LogP contribution in [0, 0.1) is 0 Å². The van der Waals surface area contributed by atoms with Crippen molar-refractivity contribution < 1.29 is 9.47 Å². The lowest BCUT2D eigenvalue weighted by molar-refractivity contribution is 0.173. The van der Waals surface area contributed by atoms with Gasteiger partial charge in [-0.25, -0.2) is 0 Å². The number of ether oxygens (including phenoxy) is 2. The van der Waals surface area contributed by atoms with Crippen molar-refractivity contribution in [2.75, 3.05) is 19.9 Å². The highest BCUT2D eigenvalue weighted by molar-refractivity contribution is 5.62. The van der Waals surface area contributed by atoms with Crippen LogP contribution in [0.2, 0.25) is 0 Å². The number of nitrogens with one attached hydrogen (secondary N) is 1. The summed E-state index contributed by atoms with van der Waals surface area (Å²) in [5.74, 6) is 2.12. The number of piperidine rings is 1. The molecule has 3 aliphatic rings. The molecule has 3 heteroatoms. The molecule has 4 rings (SSSR count). The Labute approximate surface area is 126 Å². The van der Waals surface area contributed by atoms with Gasteiger partial charge in [0.1, 0.15) is 0 Å². The Morgan fingerprint density at radius 1 is 1.29 bits per heavy atom. The van der Waals surface area contributed by atoms with Gasteiger partial charge in [-0.3, -0.25) is 0 Å². The number of hydrogen-bond donors (Lipinski definition) is 1. The largest absolute Gasteiger partial charge is 0.454 e. The molecule has 21 heavy (non-hydrogen) atoms. The maximum absolute atomic E-state index is 5.67. The van der Waals surface area contributed by atoms with E-state index < -0.39 is 0 Å². The monoisotopic (exact) mass is 283 g/mol. The van der Waals surface area contributed by atoms with Crippen LogP contribution in [0.1, 0.15) is 24.5 Å². The first-order chi connectivity index (χ1) is 9.79. The summed E-state index contributed by atoms with van der Waals surface area (Å²) in [6.45, 7) is 10.3. The minimum absolute atomic E-state index is 0. The van der Waals surface area contributed by atoms with Gasteiger partial charge in [0.25, 0.3) is 0 Å². The van der Waals surface area contributed by atoms with Gasteiger partial charge in [0.15, 0.2) is 11.5 Å². The predicted molar refractivity (Wildman–Crippen MR) is 85.0 cm³/mol. The molecule has 110 valence electrons. The van der Waals surface area contributed by atoms with Crippen molar-refractivity contribution in [3.05, 3.63) is 59.2 Å². The zero-order valence-corrected chi connectivity index (χ0v) is 11.4. The first-order valence-electron chi connectivity index (χ1n) is 6.95. The van der Waals surface area contributed by atoms with Gasteiger partial charge in [0, 0.05) is 31.0 Å². The standard InChI is InChI=1S/C17H17NO2.CH4/c1-3-11-6-13-12(4-5-15-17(13)20-9-19-15)14-8-18-7-10(2)16(11)14;/h3-5,14,18H,1-2,6-9H2;1H4. The van der Waals surface area contributed by atoms with E-state index in [1.807, 2.05) is 12.1 Å². The molecule has 0 saturated carbocycles. The van der Waals surface area contributed by atoms with E-state index >= 15 is 0 Å². The van der Waals surface area contributed by atoms with E-state index in [9.17, 15) is 0 Å². The molecule has 0 radical (unpaired) electrons. The fourth-order valence-corrected chi connectivity index (χ4v) is 3.55. The molecule has 0 aromatic heterocycles. The summed E-state index contributed by atoms with van der Waals surface area (Å²) in [7, 11) is 0. The Morgan fingerprint density at radius 2 is 2.14 bits per heavy atom.